The quantitative estimate of drug-likeness (QED) is 0.263. The molecule has 0 N–H and O–H groups in total. The second-order valence-corrected chi connectivity index (χ2v) is 11.5. The van der Waals surface area contributed by atoms with Crippen LogP contribution in [0.5, 0.6) is 0 Å². The van der Waals surface area contributed by atoms with E-state index >= 15 is 0 Å². The first-order valence-electron chi connectivity index (χ1n) is 14.8. The van der Waals surface area contributed by atoms with E-state index in [1.807, 2.05) is 6.92 Å². The van der Waals surface area contributed by atoms with Crippen molar-refractivity contribution in [1.29, 1.82) is 0 Å². The summed E-state index contributed by atoms with van der Waals surface area (Å²) < 4.78 is 91.5. The number of anilines is 2. The average molecular weight is 622 g/mol. The summed E-state index contributed by atoms with van der Waals surface area (Å²) in [5.41, 5.74) is -0.437. The summed E-state index contributed by atoms with van der Waals surface area (Å²) in [5, 5.41) is 4.79. The number of hydrogen-bond acceptors (Lipinski definition) is 4. The molecule has 1 aromatic heterocycles. The highest BCUT2D eigenvalue weighted by molar-refractivity contribution is 5.95. The summed E-state index contributed by atoms with van der Waals surface area (Å²) in [5.74, 6) is -0.738. The van der Waals surface area contributed by atoms with E-state index < -0.39 is 36.1 Å². The molecular weight excluding hydrogens is 588 g/mol. The minimum Gasteiger partial charge on any atom is -0.369 e. The number of urea groups is 1. The van der Waals surface area contributed by atoms with Crippen LogP contribution in [0.4, 0.5) is 42.5 Å². The van der Waals surface area contributed by atoms with E-state index in [-0.39, 0.29) is 48.7 Å². The standard InChI is InChI=1S/C31H33F6N5O2/c1-19-27-25(18-41(38-27)26-11-4-5-16-44-26)40(17-20-7-2-3-9-23(20)31(35,36)37)30(43)42(19)21-12-14-39(15-13-21)28-22(29(33)34)8-6-10-24(28)32/h2-3,6-10,18-19,21,26,29H,4-5,11-17H2,1H3. The third-order valence-corrected chi connectivity index (χ3v) is 8.82. The van der Waals surface area contributed by atoms with Crippen LogP contribution in [0.2, 0.25) is 0 Å². The van der Waals surface area contributed by atoms with Gasteiger partial charge in [-0.05, 0) is 56.7 Å². The van der Waals surface area contributed by atoms with Crippen molar-refractivity contribution in [1.82, 2.24) is 14.7 Å². The molecule has 2 fully saturated rings. The minimum absolute atomic E-state index is 0.0515. The van der Waals surface area contributed by atoms with E-state index in [1.54, 1.807) is 20.7 Å². The van der Waals surface area contributed by atoms with Gasteiger partial charge in [0.05, 0.1) is 35.7 Å². The number of benzene rings is 2. The van der Waals surface area contributed by atoms with E-state index in [4.69, 9.17) is 9.84 Å². The van der Waals surface area contributed by atoms with E-state index in [0.717, 1.165) is 31.4 Å². The smallest absolute Gasteiger partial charge is 0.369 e. The number of halogens is 6. The molecule has 2 unspecified atom stereocenters. The number of ether oxygens (including phenoxy) is 1. The predicted molar refractivity (Wildman–Crippen MR) is 151 cm³/mol. The van der Waals surface area contributed by atoms with E-state index in [0.29, 0.717) is 30.8 Å². The number of nitrogens with zero attached hydrogens (tertiary/aromatic N) is 5. The number of aromatic nitrogens is 2. The molecule has 0 saturated carbocycles. The van der Waals surface area contributed by atoms with E-state index in [2.05, 4.69) is 0 Å². The molecule has 2 atom stereocenters. The number of fused-ring (bicyclic) bond motifs is 1. The molecule has 44 heavy (non-hydrogen) atoms. The van der Waals surface area contributed by atoms with E-state index in [1.165, 1.54) is 35.2 Å². The normalized spacial score (nSPS) is 21.7. The number of carbonyl (C=O) groups excluding carboxylic acids is 1. The van der Waals surface area contributed by atoms with Gasteiger partial charge in [0.15, 0.2) is 0 Å². The lowest BCUT2D eigenvalue weighted by atomic mass is 9.97. The molecule has 3 aliphatic rings. The van der Waals surface area contributed by atoms with Crippen LogP contribution in [0, 0.1) is 5.82 Å². The molecule has 0 radical (unpaired) electrons. The van der Waals surface area contributed by atoms with Gasteiger partial charge in [-0.25, -0.2) is 22.6 Å². The van der Waals surface area contributed by atoms with Crippen molar-refractivity contribution in [3.8, 4) is 0 Å². The summed E-state index contributed by atoms with van der Waals surface area (Å²) in [7, 11) is 0. The molecular formula is C31H33F6N5O2. The van der Waals surface area contributed by atoms with Gasteiger partial charge < -0.3 is 14.5 Å². The molecule has 236 valence electrons. The minimum atomic E-state index is -4.61. The Morgan fingerprint density at radius 3 is 2.45 bits per heavy atom. The SMILES string of the molecule is CC1c2nn(C3CCCCO3)cc2N(Cc2ccccc2C(F)(F)F)C(=O)N1C1CCN(c2c(F)cccc2C(F)F)CC1. The lowest BCUT2D eigenvalue weighted by Gasteiger charge is -2.46. The first-order chi connectivity index (χ1) is 21.0. The summed E-state index contributed by atoms with van der Waals surface area (Å²) >= 11 is 0. The molecule has 4 heterocycles. The summed E-state index contributed by atoms with van der Waals surface area (Å²) in [6, 6.07) is 7.42. The molecule has 2 saturated heterocycles. The molecule has 3 aromatic rings. The third-order valence-electron chi connectivity index (χ3n) is 8.82. The number of carbonyl (C=O) groups is 1. The molecule has 6 rings (SSSR count). The molecule has 0 spiro atoms. The Labute approximate surface area is 251 Å². The van der Waals surface area contributed by atoms with Crippen LogP contribution in [0.25, 0.3) is 0 Å². The van der Waals surface area contributed by atoms with Crippen molar-refractivity contribution in [3.63, 3.8) is 0 Å². The zero-order valence-electron chi connectivity index (χ0n) is 24.1. The number of para-hydroxylation sites is 1. The van der Waals surface area contributed by atoms with Crippen molar-refractivity contribution < 1.29 is 35.9 Å². The third kappa shape index (κ3) is 5.62. The van der Waals surface area contributed by atoms with Crippen LogP contribution < -0.4 is 9.80 Å². The highest BCUT2D eigenvalue weighted by atomic mass is 19.4. The molecule has 2 amide bonds. The largest absolute Gasteiger partial charge is 0.416 e. The van der Waals surface area contributed by atoms with Gasteiger partial charge in [-0.1, -0.05) is 30.3 Å². The fourth-order valence-electron chi connectivity index (χ4n) is 6.66. The highest BCUT2D eigenvalue weighted by Gasteiger charge is 2.44. The zero-order valence-corrected chi connectivity index (χ0v) is 24.1. The molecule has 7 nitrogen and oxygen atoms in total. The Morgan fingerprint density at radius 2 is 1.77 bits per heavy atom. The first-order valence-corrected chi connectivity index (χ1v) is 14.8. The van der Waals surface area contributed by atoms with Crippen LogP contribution >= 0.6 is 0 Å². The Kier molecular flexibility index (Phi) is 8.25. The molecule has 13 heteroatoms. The number of alkyl halides is 5. The summed E-state index contributed by atoms with van der Waals surface area (Å²) in [6.07, 6.45) is -2.85. The lowest BCUT2D eigenvalue weighted by Crippen LogP contribution is -2.55. The second kappa shape index (κ2) is 12.0. The van der Waals surface area contributed by atoms with Crippen molar-refractivity contribution >= 4 is 17.4 Å². The van der Waals surface area contributed by atoms with Crippen molar-refractivity contribution in [2.24, 2.45) is 0 Å². The van der Waals surface area contributed by atoms with Crippen LogP contribution in [0.1, 0.15) is 80.1 Å². The predicted octanol–water partition coefficient (Wildman–Crippen LogP) is 7.85. The lowest BCUT2D eigenvalue weighted by molar-refractivity contribution is -0.138. The van der Waals surface area contributed by atoms with Crippen LogP contribution in [0.15, 0.2) is 48.7 Å². The van der Waals surface area contributed by atoms with Gasteiger partial charge in [-0.15, -0.1) is 0 Å². The van der Waals surface area contributed by atoms with Crippen molar-refractivity contribution in [3.05, 3.63) is 76.9 Å². The van der Waals surface area contributed by atoms with Gasteiger partial charge >= 0.3 is 12.2 Å². The number of piperidine rings is 1. The van der Waals surface area contributed by atoms with Gasteiger partial charge in [-0.2, -0.15) is 18.3 Å². The van der Waals surface area contributed by atoms with Crippen LogP contribution in [-0.2, 0) is 17.5 Å². The first kappa shape index (κ1) is 30.3. The molecule has 2 aromatic carbocycles. The Bertz CT molecular complexity index is 1500. The van der Waals surface area contributed by atoms with Gasteiger partial charge in [0, 0.05) is 31.3 Å². The van der Waals surface area contributed by atoms with E-state index in [9.17, 15) is 31.1 Å². The number of amides is 2. The molecule has 0 bridgehead atoms. The van der Waals surface area contributed by atoms with Crippen LogP contribution in [-0.4, -0.2) is 46.4 Å². The average Bonchev–Trinajstić information content (AvgIpc) is 3.46. The van der Waals surface area contributed by atoms with Crippen LogP contribution in [0.3, 0.4) is 0 Å². The monoisotopic (exact) mass is 621 g/mol. The van der Waals surface area contributed by atoms with Crippen molar-refractivity contribution in [2.75, 3.05) is 29.5 Å². The highest BCUT2D eigenvalue weighted by Crippen LogP contribution is 2.43. The molecule has 0 aliphatic carbocycles. The maximum absolute atomic E-state index is 14.7. The molecule has 3 aliphatic heterocycles. The Balaban J connectivity index is 1.32. The van der Waals surface area contributed by atoms with Gasteiger partial charge in [0.2, 0.25) is 0 Å². The van der Waals surface area contributed by atoms with Crippen molar-refractivity contribution in [2.45, 2.75) is 76.5 Å². The number of hydrogen-bond donors (Lipinski definition) is 0. The number of rotatable bonds is 6. The zero-order chi connectivity index (χ0) is 31.2. The summed E-state index contributed by atoms with van der Waals surface area (Å²) in [4.78, 5) is 18.8. The fourth-order valence-corrected chi connectivity index (χ4v) is 6.66. The topological polar surface area (TPSA) is 53.8 Å². The van der Waals surface area contributed by atoms with Gasteiger partial charge in [0.1, 0.15) is 17.7 Å². The summed E-state index contributed by atoms with van der Waals surface area (Å²) in [6.45, 7) is 2.50. The Morgan fingerprint density at radius 1 is 1.02 bits per heavy atom. The second-order valence-electron chi connectivity index (χ2n) is 11.5. The Hall–Kier alpha value is -3.74. The maximum atomic E-state index is 14.7. The van der Waals surface area contributed by atoms with Gasteiger partial charge in [-0.3, -0.25) is 4.90 Å². The van der Waals surface area contributed by atoms with Gasteiger partial charge in [0.25, 0.3) is 6.43 Å². The maximum Gasteiger partial charge on any atom is 0.416 e. The fraction of sp³-hybridized carbons (Fsp3) is 0.484.